The molecule has 0 unspecified atom stereocenters. The van der Waals surface area contributed by atoms with Crippen LogP contribution in [0, 0.1) is 0 Å². The number of pyridine rings is 1. The second-order valence-electron chi connectivity index (χ2n) is 7.57. The molecule has 0 radical (unpaired) electrons. The van der Waals surface area contributed by atoms with Crippen molar-refractivity contribution in [1.29, 1.82) is 0 Å². The first-order chi connectivity index (χ1) is 15.7. The topological polar surface area (TPSA) is 80.3 Å². The second kappa shape index (κ2) is 8.58. The number of ether oxygens (including phenoxy) is 1. The number of hydrogen-bond donors (Lipinski definition) is 0. The Balaban J connectivity index is 1.15. The van der Waals surface area contributed by atoms with E-state index in [0.29, 0.717) is 49.9 Å². The lowest BCUT2D eigenvalue weighted by Gasteiger charge is -2.34. The molecule has 1 aromatic carbocycles. The SMILES string of the molecule is O=C(c1ccc(OCc2cn3ccccc3n2)cc1)N1CCN(C(=O)c2ccco2)CC1. The molecule has 4 aromatic rings. The molecule has 0 aliphatic carbocycles. The molecule has 8 heteroatoms. The lowest BCUT2D eigenvalue weighted by Crippen LogP contribution is -2.50. The predicted molar refractivity (Wildman–Crippen MR) is 116 cm³/mol. The van der Waals surface area contributed by atoms with Gasteiger partial charge in [-0.3, -0.25) is 9.59 Å². The van der Waals surface area contributed by atoms with E-state index in [9.17, 15) is 9.59 Å². The summed E-state index contributed by atoms with van der Waals surface area (Å²) in [6.07, 6.45) is 5.36. The van der Waals surface area contributed by atoms with Crippen molar-refractivity contribution in [1.82, 2.24) is 19.2 Å². The number of hydrogen-bond acceptors (Lipinski definition) is 5. The summed E-state index contributed by atoms with van der Waals surface area (Å²) in [5.74, 6) is 0.799. The van der Waals surface area contributed by atoms with Crippen molar-refractivity contribution in [2.45, 2.75) is 6.61 Å². The van der Waals surface area contributed by atoms with Crippen LogP contribution >= 0.6 is 0 Å². The van der Waals surface area contributed by atoms with Crippen LogP contribution in [0.2, 0.25) is 0 Å². The van der Waals surface area contributed by atoms with Crippen LogP contribution in [0.1, 0.15) is 26.6 Å². The van der Waals surface area contributed by atoms with E-state index in [4.69, 9.17) is 9.15 Å². The monoisotopic (exact) mass is 430 g/mol. The fourth-order valence-corrected chi connectivity index (χ4v) is 3.76. The van der Waals surface area contributed by atoms with Crippen molar-refractivity contribution in [3.8, 4) is 5.75 Å². The number of amides is 2. The first kappa shape index (κ1) is 19.9. The van der Waals surface area contributed by atoms with Crippen LogP contribution in [-0.2, 0) is 6.61 Å². The van der Waals surface area contributed by atoms with Gasteiger partial charge in [0.15, 0.2) is 5.76 Å². The number of piperazine rings is 1. The summed E-state index contributed by atoms with van der Waals surface area (Å²) in [5, 5.41) is 0. The third kappa shape index (κ3) is 4.07. The highest BCUT2D eigenvalue weighted by molar-refractivity contribution is 5.95. The number of nitrogens with zero attached hydrogens (tertiary/aromatic N) is 4. The van der Waals surface area contributed by atoms with Gasteiger partial charge >= 0.3 is 0 Å². The quantitative estimate of drug-likeness (QED) is 0.486. The van der Waals surface area contributed by atoms with Crippen LogP contribution in [-0.4, -0.2) is 57.2 Å². The van der Waals surface area contributed by atoms with Gasteiger partial charge < -0.3 is 23.4 Å². The van der Waals surface area contributed by atoms with Crippen LogP contribution in [0.15, 0.2) is 77.7 Å². The average Bonchev–Trinajstić information content (AvgIpc) is 3.52. The van der Waals surface area contributed by atoms with Crippen molar-refractivity contribution < 1.29 is 18.7 Å². The van der Waals surface area contributed by atoms with Gasteiger partial charge in [-0.25, -0.2) is 4.98 Å². The highest BCUT2D eigenvalue weighted by atomic mass is 16.5. The molecule has 1 aliphatic heterocycles. The van der Waals surface area contributed by atoms with Gasteiger partial charge in [0, 0.05) is 44.1 Å². The zero-order valence-electron chi connectivity index (χ0n) is 17.4. The minimum absolute atomic E-state index is 0.0537. The van der Waals surface area contributed by atoms with Crippen LogP contribution in [0.3, 0.4) is 0 Å². The third-order valence-corrected chi connectivity index (χ3v) is 5.49. The summed E-state index contributed by atoms with van der Waals surface area (Å²) in [4.78, 5) is 33.2. The molecule has 0 saturated carbocycles. The molecule has 0 bridgehead atoms. The van der Waals surface area contributed by atoms with Crippen LogP contribution in [0.4, 0.5) is 0 Å². The minimum Gasteiger partial charge on any atom is -0.487 e. The third-order valence-electron chi connectivity index (χ3n) is 5.49. The molecule has 1 aliphatic rings. The largest absolute Gasteiger partial charge is 0.487 e. The van der Waals surface area contributed by atoms with Crippen molar-refractivity contribution in [2.24, 2.45) is 0 Å². The summed E-state index contributed by atoms with van der Waals surface area (Å²) in [5.41, 5.74) is 2.30. The molecule has 4 heterocycles. The standard InChI is InChI=1S/C24H22N4O4/c29-23(26-11-13-27(14-12-26)24(30)21-4-3-15-31-21)18-6-8-20(9-7-18)32-17-19-16-28-10-2-1-5-22(28)25-19/h1-10,15-16H,11-14,17H2. The molecule has 0 spiro atoms. The number of rotatable bonds is 5. The minimum atomic E-state index is -0.144. The zero-order valence-corrected chi connectivity index (χ0v) is 17.4. The van der Waals surface area contributed by atoms with Gasteiger partial charge in [0.25, 0.3) is 11.8 Å². The molecule has 1 fully saturated rings. The molecule has 0 atom stereocenters. The average molecular weight is 430 g/mol. The Labute approximate surface area is 184 Å². The Morgan fingerprint density at radius 2 is 1.66 bits per heavy atom. The number of carbonyl (C=O) groups is 2. The normalized spacial score (nSPS) is 14.0. The Hall–Kier alpha value is -4.07. The van der Waals surface area contributed by atoms with Crippen LogP contribution in [0.25, 0.3) is 5.65 Å². The van der Waals surface area contributed by atoms with Crippen molar-refractivity contribution in [2.75, 3.05) is 26.2 Å². The van der Waals surface area contributed by atoms with E-state index in [1.54, 1.807) is 46.2 Å². The molecule has 32 heavy (non-hydrogen) atoms. The fourth-order valence-electron chi connectivity index (χ4n) is 3.76. The zero-order chi connectivity index (χ0) is 21.9. The summed E-state index contributed by atoms with van der Waals surface area (Å²) >= 11 is 0. The van der Waals surface area contributed by atoms with E-state index < -0.39 is 0 Å². The first-order valence-corrected chi connectivity index (χ1v) is 10.4. The van der Waals surface area contributed by atoms with Gasteiger partial charge in [-0.1, -0.05) is 6.07 Å². The number of imidazole rings is 1. The number of carbonyl (C=O) groups excluding carboxylic acids is 2. The van der Waals surface area contributed by atoms with E-state index in [-0.39, 0.29) is 11.8 Å². The molecule has 8 nitrogen and oxygen atoms in total. The summed E-state index contributed by atoms with van der Waals surface area (Å²) in [7, 11) is 0. The Morgan fingerprint density at radius 3 is 2.34 bits per heavy atom. The maximum Gasteiger partial charge on any atom is 0.289 e. The molecule has 162 valence electrons. The van der Waals surface area contributed by atoms with Gasteiger partial charge in [-0.2, -0.15) is 0 Å². The number of aromatic nitrogens is 2. The molecule has 1 saturated heterocycles. The van der Waals surface area contributed by atoms with E-state index in [0.717, 1.165) is 11.3 Å². The molecule has 5 rings (SSSR count). The van der Waals surface area contributed by atoms with Gasteiger partial charge in [0.05, 0.1) is 12.0 Å². The maximum atomic E-state index is 12.8. The van der Waals surface area contributed by atoms with Gasteiger partial charge in [0.1, 0.15) is 18.0 Å². The summed E-state index contributed by atoms with van der Waals surface area (Å²) in [6, 6.07) is 16.3. The van der Waals surface area contributed by atoms with E-state index in [2.05, 4.69) is 4.98 Å². The van der Waals surface area contributed by atoms with Gasteiger partial charge in [0.2, 0.25) is 0 Å². The number of benzene rings is 1. The summed E-state index contributed by atoms with van der Waals surface area (Å²) in [6.45, 7) is 2.27. The summed E-state index contributed by atoms with van der Waals surface area (Å²) < 4.78 is 12.9. The van der Waals surface area contributed by atoms with E-state index in [1.807, 2.05) is 35.0 Å². The smallest absolute Gasteiger partial charge is 0.289 e. The Bertz CT molecular complexity index is 1190. The van der Waals surface area contributed by atoms with E-state index >= 15 is 0 Å². The molecular formula is C24H22N4O4. The van der Waals surface area contributed by atoms with Crippen molar-refractivity contribution in [3.05, 3.63) is 90.3 Å². The van der Waals surface area contributed by atoms with Gasteiger partial charge in [-0.05, 0) is 48.5 Å². The highest BCUT2D eigenvalue weighted by Gasteiger charge is 2.26. The number of fused-ring (bicyclic) bond motifs is 1. The van der Waals surface area contributed by atoms with E-state index in [1.165, 1.54) is 6.26 Å². The molecule has 0 N–H and O–H groups in total. The van der Waals surface area contributed by atoms with Gasteiger partial charge in [-0.15, -0.1) is 0 Å². The maximum absolute atomic E-state index is 12.8. The van der Waals surface area contributed by atoms with Crippen LogP contribution in [0.5, 0.6) is 5.75 Å². The number of furan rings is 1. The lowest BCUT2D eigenvalue weighted by atomic mass is 10.1. The second-order valence-corrected chi connectivity index (χ2v) is 7.57. The fraction of sp³-hybridized carbons (Fsp3) is 0.208. The molecule has 3 aromatic heterocycles. The molecule has 2 amide bonds. The predicted octanol–water partition coefficient (Wildman–Crippen LogP) is 3.10. The van der Waals surface area contributed by atoms with Crippen molar-refractivity contribution >= 4 is 17.5 Å². The highest BCUT2D eigenvalue weighted by Crippen LogP contribution is 2.17. The molecular weight excluding hydrogens is 408 g/mol. The van der Waals surface area contributed by atoms with Crippen LogP contribution < -0.4 is 4.74 Å². The first-order valence-electron chi connectivity index (χ1n) is 10.4. The Kier molecular flexibility index (Phi) is 5.33. The lowest BCUT2D eigenvalue weighted by molar-refractivity contribution is 0.0518. The van der Waals surface area contributed by atoms with Crippen molar-refractivity contribution in [3.63, 3.8) is 0 Å². The Morgan fingerprint density at radius 1 is 0.906 bits per heavy atom.